The third kappa shape index (κ3) is 4.80. The second-order valence-electron chi connectivity index (χ2n) is 4.83. The van der Waals surface area contributed by atoms with Crippen LogP contribution in [0.5, 0.6) is 0 Å². The molecular formula is C16H19BrN4O. The fraction of sp³-hybridized carbons (Fsp3) is 0.312. The molecule has 116 valence electrons. The Morgan fingerprint density at radius 1 is 1.23 bits per heavy atom. The van der Waals surface area contributed by atoms with Crippen molar-refractivity contribution < 1.29 is 4.79 Å². The van der Waals surface area contributed by atoms with Gasteiger partial charge in [-0.1, -0.05) is 31.9 Å². The minimum Gasteiger partial charge on any atom is -0.351 e. The number of nitrogens with one attached hydrogen (secondary N) is 2. The molecule has 2 N–H and O–H groups in total. The fourth-order valence-electron chi connectivity index (χ4n) is 1.90. The molecular weight excluding hydrogens is 344 g/mol. The summed E-state index contributed by atoms with van der Waals surface area (Å²) in [6, 6.07) is 9.28. The van der Waals surface area contributed by atoms with E-state index < -0.39 is 0 Å². The maximum absolute atomic E-state index is 12.0. The molecule has 1 aromatic carbocycles. The van der Waals surface area contributed by atoms with E-state index in [2.05, 4.69) is 43.5 Å². The van der Waals surface area contributed by atoms with Gasteiger partial charge in [-0.3, -0.25) is 4.79 Å². The van der Waals surface area contributed by atoms with Gasteiger partial charge in [-0.25, -0.2) is 9.97 Å². The van der Waals surface area contributed by atoms with Crippen LogP contribution in [-0.2, 0) is 0 Å². The Bertz CT molecular complexity index is 633. The Hall–Kier alpha value is -1.95. The third-order valence-electron chi connectivity index (χ3n) is 3.07. The summed E-state index contributed by atoms with van der Waals surface area (Å²) in [5.74, 6) is 0.224. The Morgan fingerprint density at radius 2 is 2.05 bits per heavy atom. The number of nitrogens with zero attached hydrogens (tertiary/aromatic N) is 2. The van der Waals surface area contributed by atoms with E-state index >= 15 is 0 Å². The molecule has 6 heteroatoms. The van der Waals surface area contributed by atoms with E-state index in [1.807, 2.05) is 24.3 Å². The molecule has 0 spiro atoms. The first kappa shape index (κ1) is 16.4. The van der Waals surface area contributed by atoms with E-state index in [4.69, 9.17) is 0 Å². The van der Waals surface area contributed by atoms with Crippen LogP contribution in [0.3, 0.4) is 0 Å². The summed E-state index contributed by atoms with van der Waals surface area (Å²) in [6.45, 7) is 2.80. The maximum atomic E-state index is 12.0. The van der Waals surface area contributed by atoms with Crippen LogP contribution in [0.25, 0.3) is 0 Å². The van der Waals surface area contributed by atoms with Gasteiger partial charge in [0.25, 0.3) is 5.91 Å². The van der Waals surface area contributed by atoms with Gasteiger partial charge in [-0.2, -0.15) is 0 Å². The smallest absolute Gasteiger partial charge is 0.270 e. The monoisotopic (exact) mass is 362 g/mol. The molecule has 0 atom stereocenters. The van der Waals surface area contributed by atoms with Crippen LogP contribution in [-0.4, -0.2) is 22.4 Å². The van der Waals surface area contributed by atoms with Gasteiger partial charge in [-0.05, 0) is 40.5 Å². The van der Waals surface area contributed by atoms with Crippen molar-refractivity contribution in [2.24, 2.45) is 0 Å². The van der Waals surface area contributed by atoms with Crippen molar-refractivity contribution in [1.82, 2.24) is 15.3 Å². The number of amides is 1. The number of hydrogen-bond donors (Lipinski definition) is 2. The highest BCUT2D eigenvalue weighted by atomic mass is 79.9. The van der Waals surface area contributed by atoms with E-state index in [1.54, 1.807) is 12.3 Å². The molecule has 0 saturated heterocycles. The van der Waals surface area contributed by atoms with E-state index in [9.17, 15) is 4.79 Å². The fourth-order valence-corrected chi connectivity index (χ4v) is 2.28. The molecule has 22 heavy (non-hydrogen) atoms. The second kappa shape index (κ2) is 8.48. The Morgan fingerprint density at radius 3 is 2.82 bits per heavy atom. The van der Waals surface area contributed by atoms with Gasteiger partial charge >= 0.3 is 0 Å². The highest BCUT2D eigenvalue weighted by molar-refractivity contribution is 9.10. The quantitative estimate of drug-likeness (QED) is 0.732. The predicted octanol–water partition coefficient (Wildman–Crippen LogP) is 3.90. The molecule has 2 aromatic rings. The van der Waals surface area contributed by atoms with E-state index in [-0.39, 0.29) is 5.91 Å². The second-order valence-corrected chi connectivity index (χ2v) is 5.69. The zero-order valence-corrected chi connectivity index (χ0v) is 14.1. The standard InChI is InChI=1S/C16H19BrN4O/c1-2-3-6-10-18-15(22)14-9-11-19-16(21-14)20-13-8-5-4-7-12(13)17/h4-5,7-9,11H,2-3,6,10H2,1H3,(H,18,22)(H,19,20,21). The van der Waals surface area contributed by atoms with Crippen LogP contribution in [0.2, 0.25) is 0 Å². The first-order valence-electron chi connectivity index (χ1n) is 7.33. The largest absolute Gasteiger partial charge is 0.351 e. The van der Waals surface area contributed by atoms with Gasteiger partial charge < -0.3 is 10.6 Å². The lowest BCUT2D eigenvalue weighted by Crippen LogP contribution is -2.25. The number of hydrogen-bond acceptors (Lipinski definition) is 4. The van der Waals surface area contributed by atoms with Gasteiger partial charge in [0.15, 0.2) is 0 Å². The summed E-state index contributed by atoms with van der Waals surface area (Å²) in [5, 5.41) is 5.96. The lowest BCUT2D eigenvalue weighted by Gasteiger charge is -2.08. The normalized spacial score (nSPS) is 10.3. The number of carbonyl (C=O) groups is 1. The highest BCUT2D eigenvalue weighted by Crippen LogP contribution is 2.23. The summed E-state index contributed by atoms with van der Waals surface area (Å²) < 4.78 is 0.910. The molecule has 0 aliphatic rings. The zero-order chi connectivity index (χ0) is 15.8. The topological polar surface area (TPSA) is 66.9 Å². The van der Waals surface area contributed by atoms with Gasteiger partial charge in [0, 0.05) is 17.2 Å². The Labute approximate surface area is 138 Å². The van der Waals surface area contributed by atoms with Crippen LogP contribution < -0.4 is 10.6 Å². The molecule has 5 nitrogen and oxygen atoms in total. The third-order valence-corrected chi connectivity index (χ3v) is 3.77. The van der Waals surface area contributed by atoms with Crippen LogP contribution in [0.1, 0.15) is 36.7 Å². The molecule has 0 bridgehead atoms. The number of benzene rings is 1. The average Bonchev–Trinajstić information content (AvgIpc) is 2.54. The lowest BCUT2D eigenvalue weighted by molar-refractivity contribution is 0.0948. The number of para-hydroxylation sites is 1. The first-order chi connectivity index (χ1) is 10.7. The number of rotatable bonds is 7. The Balaban J connectivity index is 2.00. The van der Waals surface area contributed by atoms with Gasteiger partial charge in [-0.15, -0.1) is 0 Å². The number of anilines is 2. The maximum Gasteiger partial charge on any atom is 0.270 e. The van der Waals surface area contributed by atoms with Crippen molar-refractivity contribution in [1.29, 1.82) is 0 Å². The van der Waals surface area contributed by atoms with Crippen molar-refractivity contribution in [3.8, 4) is 0 Å². The van der Waals surface area contributed by atoms with Gasteiger partial charge in [0.05, 0.1) is 5.69 Å². The molecule has 0 unspecified atom stereocenters. The molecule has 0 aliphatic carbocycles. The molecule has 0 radical (unpaired) electrons. The molecule has 1 heterocycles. The predicted molar refractivity (Wildman–Crippen MR) is 91.3 cm³/mol. The molecule has 1 amide bonds. The minimum absolute atomic E-state index is 0.173. The molecule has 2 rings (SSSR count). The van der Waals surface area contributed by atoms with Crippen molar-refractivity contribution in [2.45, 2.75) is 26.2 Å². The van der Waals surface area contributed by atoms with Gasteiger partial charge in [0.2, 0.25) is 5.95 Å². The van der Waals surface area contributed by atoms with Gasteiger partial charge in [0.1, 0.15) is 5.69 Å². The van der Waals surface area contributed by atoms with Crippen LogP contribution in [0, 0.1) is 0 Å². The van der Waals surface area contributed by atoms with E-state index in [0.29, 0.717) is 18.2 Å². The average molecular weight is 363 g/mol. The van der Waals surface area contributed by atoms with E-state index in [1.165, 1.54) is 0 Å². The number of aromatic nitrogens is 2. The van der Waals surface area contributed by atoms with Crippen LogP contribution in [0.4, 0.5) is 11.6 Å². The van der Waals surface area contributed by atoms with Crippen LogP contribution >= 0.6 is 15.9 Å². The molecule has 0 saturated carbocycles. The van der Waals surface area contributed by atoms with Crippen molar-refractivity contribution >= 4 is 33.5 Å². The number of carbonyl (C=O) groups excluding carboxylic acids is 1. The summed E-state index contributed by atoms with van der Waals surface area (Å²) >= 11 is 3.45. The zero-order valence-electron chi connectivity index (χ0n) is 12.5. The number of unbranched alkanes of at least 4 members (excludes halogenated alkanes) is 2. The molecule has 1 aromatic heterocycles. The summed E-state index contributed by atoms with van der Waals surface area (Å²) in [4.78, 5) is 20.4. The summed E-state index contributed by atoms with van der Waals surface area (Å²) in [7, 11) is 0. The van der Waals surface area contributed by atoms with Crippen molar-refractivity contribution in [3.63, 3.8) is 0 Å². The van der Waals surface area contributed by atoms with Crippen molar-refractivity contribution in [2.75, 3.05) is 11.9 Å². The Kier molecular flexibility index (Phi) is 6.33. The van der Waals surface area contributed by atoms with Crippen LogP contribution in [0.15, 0.2) is 41.0 Å². The summed E-state index contributed by atoms with van der Waals surface area (Å²) in [5.41, 5.74) is 1.21. The summed E-state index contributed by atoms with van der Waals surface area (Å²) in [6.07, 6.45) is 4.80. The number of halogens is 1. The minimum atomic E-state index is -0.173. The SMILES string of the molecule is CCCCCNC(=O)c1ccnc(Nc2ccccc2Br)n1. The highest BCUT2D eigenvalue weighted by Gasteiger charge is 2.09. The first-order valence-corrected chi connectivity index (χ1v) is 8.13. The van der Waals surface area contributed by atoms with E-state index in [0.717, 1.165) is 29.4 Å². The lowest BCUT2D eigenvalue weighted by atomic mass is 10.2. The molecule has 0 aliphatic heterocycles. The van der Waals surface area contributed by atoms with Crippen molar-refractivity contribution in [3.05, 3.63) is 46.7 Å². The molecule has 0 fully saturated rings.